The summed E-state index contributed by atoms with van der Waals surface area (Å²) in [6.45, 7) is 0. The fraction of sp³-hybridized carbons (Fsp3) is 0. The molecule has 0 bridgehead atoms. The van der Waals surface area contributed by atoms with E-state index in [4.69, 9.17) is 0 Å². The van der Waals surface area contributed by atoms with Crippen molar-refractivity contribution in [3.63, 3.8) is 0 Å². The van der Waals surface area contributed by atoms with Crippen LogP contribution in [-0.2, 0) is 0 Å². The highest BCUT2D eigenvalue weighted by Crippen LogP contribution is 1.91. The molecule has 0 unspecified atom stereocenters. The summed E-state index contributed by atoms with van der Waals surface area (Å²) in [7, 11) is 0. The second-order valence-corrected chi connectivity index (χ2v) is 1.26. The highest BCUT2D eigenvalue weighted by Gasteiger charge is 2.06. The average molecular weight is 132 g/mol. The van der Waals surface area contributed by atoms with Crippen molar-refractivity contribution >= 4 is 5.95 Å². The fourth-order valence-corrected chi connectivity index (χ4v) is 0.348. The number of H-pyrrole nitrogens is 2. The average Bonchev–Trinajstić information content (AvgIpc) is 2.14. The molecular weight excluding hydrogens is 130 g/mol. The third-order valence-corrected chi connectivity index (χ3v) is 0.662. The van der Waals surface area contributed by atoms with Crippen molar-refractivity contribution in [2.45, 2.75) is 0 Å². The normalized spacial score (nSPS) is 9.33. The molecule has 1 aromatic rings. The van der Waals surface area contributed by atoms with Gasteiger partial charge >= 0.3 is 11.6 Å². The van der Waals surface area contributed by atoms with Crippen molar-refractivity contribution in [3.05, 3.63) is 20.6 Å². The Morgan fingerprint density at radius 3 is 2.67 bits per heavy atom. The molecule has 0 saturated heterocycles. The summed E-state index contributed by atoms with van der Waals surface area (Å²) in [5.41, 5.74) is -0.679. The Hall–Kier alpha value is -1.66. The molecule has 0 spiro atoms. The van der Waals surface area contributed by atoms with E-state index in [1.54, 1.807) is 0 Å². The quantitative estimate of drug-likeness (QED) is 0.377. The molecular formula is C2H2N4O3. The van der Waals surface area contributed by atoms with Gasteiger partial charge < -0.3 is 10.1 Å². The van der Waals surface area contributed by atoms with Crippen LogP contribution in [0, 0.1) is 10.1 Å². The van der Waals surface area contributed by atoms with Gasteiger partial charge in [0.25, 0.3) is 0 Å². The van der Waals surface area contributed by atoms with Crippen LogP contribution in [0.3, 0.4) is 0 Å². The zero-order chi connectivity index (χ0) is 6.85. The van der Waals surface area contributed by atoms with Crippen molar-refractivity contribution < 1.29 is 4.92 Å². The minimum Gasteiger partial charge on any atom is -0.390 e. The van der Waals surface area contributed by atoms with Crippen LogP contribution in [0.15, 0.2) is 4.79 Å². The lowest BCUT2D eigenvalue weighted by Gasteiger charge is -1.82. The van der Waals surface area contributed by atoms with Gasteiger partial charge in [0.05, 0.1) is 0 Å². The van der Waals surface area contributed by atoms with E-state index in [-0.39, 0.29) is 0 Å². The first-order valence-electron chi connectivity index (χ1n) is 1.99. The van der Waals surface area contributed by atoms with Gasteiger partial charge in [-0.25, -0.2) is 4.79 Å². The predicted molar refractivity (Wildman–Crippen MR) is 25.9 cm³/mol. The number of hydrogen-bond donors (Lipinski definition) is 2. The number of aromatic nitrogens is 3. The summed E-state index contributed by atoms with van der Waals surface area (Å²) in [5.74, 6) is -0.569. The lowest BCUT2D eigenvalue weighted by molar-refractivity contribution is -0.394. The Bertz CT molecular complexity index is 271. The molecule has 0 aliphatic rings. The van der Waals surface area contributed by atoms with Crippen LogP contribution in [-0.4, -0.2) is 20.1 Å². The van der Waals surface area contributed by atoms with Crippen molar-refractivity contribution in [2.75, 3.05) is 0 Å². The first-order chi connectivity index (χ1) is 4.20. The van der Waals surface area contributed by atoms with Gasteiger partial charge in [0.1, 0.15) is 0 Å². The van der Waals surface area contributed by atoms with Crippen molar-refractivity contribution in [2.24, 2.45) is 0 Å². The molecule has 2 N–H and O–H groups in total. The molecule has 1 aromatic heterocycles. The maximum atomic E-state index is 10.1. The van der Waals surface area contributed by atoms with Crippen LogP contribution in [0.1, 0.15) is 0 Å². The third kappa shape index (κ3) is 0.929. The standard InChI is InChI=1S/C2H2N4O3/c7-2-3-1(4-5-2)6(8)9/h(H2,3,4,5,7)/i2+2. The van der Waals surface area contributed by atoms with Gasteiger partial charge in [-0.3, -0.25) is 0 Å². The summed E-state index contributed by atoms with van der Waals surface area (Å²) in [4.78, 5) is 20.9. The van der Waals surface area contributed by atoms with E-state index in [0.29, 0.717) is 0 Å². The highest BCUT2D eigenvalue weighted by atomic mass is 16.6. The smallest absolute Gasteiger partial charge is 0.390 e. The minimum absolute atomic E-state index is 0.569. The van der Waals surface area contributed by atoms with Crippen LogP contribution in [0.2, 0.25) is 0 Å². The number of nitrogens with one attached hydrogen (secondary N) is 2. The molecule has 7 heteroatoms. The van der Waals surface area contributed by atoms with E-state index in [1.165, 1.54) is 0 Å². The van der Waals surface area contributed by atoms with E-state index in [2.05, 4.69) is 5.10 Å². The molecule has 0 aliphatic heterocycles. The van der Waals surface area contributed by atoms with E-state index in [1.807, 2.05) is 10.1 Å². The van der Waals surface area contributed by atoms with Gasteiger partial charge in [0.15, 0.2) is 0 Å². The molecule has 0 aromatic carbocycles. The summed E-state index contributed by atoms with van der Waals surface area (Å²) in [6, 6.07) is 0. The van der Waals surface area contributed by atoms with E-state index >= 15 is 0 Å². The fourth-order valence-electron chi connectivity index (χ4n) is 0.348. The highest BCUT2D eigenvalue weighted by molar-refractivity contribution is 4.95. The Kier molecular flexibility index (Phi) is 1.03. The first kappa shape index (κ1) is 5.48. The number of hydrogen-bond acceptors (Lipinski definition) is 4. The van der Waals surface area contributed by atoms with Gasteiger partial charge in [-0.05, 0) is 4.92 Å². The Labute approximate surface area is 47.9 Å². The molecule has 0 radical (unpaired) electrons. The molecule has 0 aliphatic carbocycles. The number of rotatable bonds is 1. The van der Waals surface area contributed by atoms with Crippen LogP contribution < -0.4 is 5.69 Å². The molecule has 0 saturated carbocycles. The third-order valence-electron chi connectivity index (χ3n) is 0.662. The minimum atomic E-state index is -0.794. The monoisotopic (exact) mass is 132 g/mol. The van der Waals surface area contributed by atoms with E-state index in [0.717, 1.165) is 0 Å². The van der Waals surface area contributed by atoms with Gasteiger partial charge in [-0.15, -0.1) is 5.10 Å². The maximum Gasteiger partial charge on any atom is 0.457 e. The van der Waals surface area contributed by atoms with Crippen molar-refractivity contribution in [3.8, 4) is 0 Å². The van der Waals surface area contributed by atoms with Crippen LogP contribution in [0.5, 0.6) is 0 Å². The Morgan fingerprint density at radius 1 is 1.78 bits per heavy atom. The molecule has 0 atom stereocenters. The van der Waals surface area contributed by atoms with E-state index < -0.39 is 16.6 Å². The topological polar surface area (TPSA) is 105 Å². The van der Waals surface area contributed by atoms with Gasteiger partial charge in [-0.1, -0.05) is 0 Å². The molecule has 48 valence electrons. The zero-order valence-corrected chi connectivity index (χ0v) is 4.12. The van der Waals surface area contributed by atoms with Gasteiger partial charge in [-0.2, -0.15) is 4.98 Å². The van der Waals surface area contributed by atoms with Crippen molar-refractivity contribution in [1.29, 1.82) is 0 Å². The van der Waals surface area contributed by atoms with Crippen LogP contribution in [0.4, 0.5) is 5.95 Å². The lowest BCUT2D eigenvalue weighted by Crippen LogP contribution is -2.01. The molecule has 9 heavy (non-hydrogen) atoms. The summed E-state index contributed by atoms with van der Waals surface area (Å²) < 4.78 is 0. The predicted octanol–water partition coefficient (Wildman–Crippen LogP) is -0.994. The first-order valence-corrected chi connectivity index (χ1v) is 1.99. The Morgan fingerprint density at radius 2 is 2.44 bits per heavy atom. The maximum absolute atomic E-state index is 10.1. The van der Waals surface area contributed by atoms with E-state index in [9.17, 15) is 14.9 Å². The molecule has 0 amide bonds. The van der Waals surface area contributed by atoms with Gasteiger partial charge in [0, 0.05) is 5.10 Å². The second kappa shape index (κ2) is 1.69. The number of aromatic amines is 2. The van der Waals surface area contributed by atoms with Crippen LogP contribution in [0.25, 0.3) is 0 Å². The molecule has 7 nitrogen and oxygen atoms in total. The van der Waals surface area contributed by atoms with Gasteiger partial charge in [0.2, 0.25) is 0 Å². The summed E-state index contributed by atoms with van der Waals surface area (Å²) in [5, 5.41) is 14.6. The van der Waals surface area contributed by atoms with Crippen molar-refractivity contribution in [1.82, 2.24) is 15.2 Å². The number of nitrogens with zero attached hydrogens (tertiary/aromatic N) is 2. The lowest BCUT2D eigenvalue weighted by atomic mass is 11.1. The van der Waals surface area contributed by atoms with Crippen LogP contribution >= 0.6 is 0 Å². The Balaban J connectivity index is 3.12. The number of nitro groups is 1. The second-order valence-electron chi connectivity index (χ2n) is 1.26. The SMILES string of the molecule is O=[14c]1[nH]nc([N+](=O)[O-])[nH]1. The zero-order valence-electron chi connectivity index (χ0n) is 4.12. The summed E-state index contributed by atoms with van der Waals surface area (Å²) in [6.07, 6.45) is 0. The summed E-state index contributed by atoms with van der Waals surface area (Å²) >= 11 is 0. The molecule has 1 heterocycles. The molecule has 1 rings (SSSR count). The largest absolute Gasteiger partial charge is 0.457 e. The molecule has 0 fully saturated rings.